The Bertz CT molecular complexity index is 945. The Morgan fingerprint density at radius 3 is 2.41 bits per heavy atom. The molecule has 6 nitrogen and oxygen atoms in total. The van der Waals surface area contributed by atoms with Crippen LogP contribution in [0.1, 0.15) is 41.7 Å². The van der Waals surface area contributed by atoms with E-state index >= 15 is 0 Å². The lowest BCUT2D eigenvalue weighted by molar-refractivity contribution is 0.101. The Hall–Kier alpha value is -1.83. The third-order valence-corrected chi connectivity index (χ3v) is 6.95. The molecule has 1 N–H and O–H groups in total. The van der Waals surface area contributed by atoms with Gasteiger partial charge in [0.05, 0.1) is 0 Å². The topological polar surface area (TPSA) is 71.4 Å². The molecule has 0 saturated carbocycles. The number of aromatic nitrogens is 1. The molecule has 1 saturated heterocycles. The standard InChI is InChI=1S/C19H24ClN3O3S/c1-14-11-15(20)7-8-17(14)21-19(24)18-12-16(13-22(18)2)27(25,26)23-9-5-3-4-6-10-23/h7-8,11-13H,3-6,9-10H2,1-2H3,(H,21,24). The highest BCUT2D eigenvalue weighted by atomic mass is 35.5. The van der Waals surface area contributed by atoms with Gasteiger partial charge in [-0.25, -0.2) is 8.42 Å². The van der Waals surface area contributed by atoms with Crippen molar-refractivity contribution in [3.63, 3.8) is 0 Å². The smallest absolute Gasteiger partial charge is 0.272 e. The monoisotopic (exact) mass is 409 g/mol. The Morgan fingerprint density at radius 2 is 1.78 bits per heavy atom. The fourth-order valence-corrected chi connectivity index (χ4v) is 5.10. The van der Waals surface area contributed by atoms with E-state index in [-0.39, 0.29) is 16.5 Å². The summed E-state index contributed by atoms with van der Waals surface area (Å²) in [4.78, 5) is 12.8. The van der Waals surface area contributed by atoms with Gasteiger partial charge >= 0.3 is 0 Å². The zero-order valence-corrected chi connectivity index (χ0v) is 17.1. The number of halogens is 1. The largest absolute Gasteiger partial charge is 0.345 e. The van der Waals surface area contributed by atoms with E-state index in [1.807, 2.05) is 6.92 Å². The predicted octanol–water partition coefficient (Wildman–Crippen LogP) is 3.80. The minimum Gasteiger partial charge on any atom is -0.345 e. The zero-order valence-electron chi connectivity index (χ0n) is 15.5. The second-order valence-corrected chi connectivity index (χ2v) is 9.28. The highest BCUT2D eigenvalue weighted by Crippen LogP contribution is 2.24. The number of benzene rings is 1. The van der Waals surface area contributed by atoms with Gasteiger partial charge in [0, 0.05) is 37.0 Å². The first-order chi connectivity index (χ1) is 12.8. The fraction of sp³-hybridized carbons (Fsp3) is 0.421. The normalized spacial score (nSPS) is 16.1. The number of hydrogen-bond donors (Lipinski definition) is 1. The molecule has 0 atom stereocenters. The van der Waals surface area contributed by atoms with Crippen molar-refractivity contribution in [2.45, 2.75) is 37.5 Å². The molecule has 1 fully saturated rings. The maximum Gasteiger partial charge on any atom is 0.272 e. The van der Waals surface area contributed by atoms with E-state index < -0.39 is 10.0 Å². The molecular formula is C19H24ClN3O3S. The van der Waals surface area contributed by atoms with Gasteiger partial charge in [-0.2, -0.15) is 4.31 Å². The molecule has 0 unspecified atom stereocenters. The molecule has 0 radical (unpaired) electrons. The van der Waals surface area contributed by atoms with Crippen molar-refractivity contribution in [2.75, 3.05) is 18.4 Å². The molecule has 1 aromatic heterocycles. The third-order valence-electron chi connectivity index (χ3n) is 4.85. The van der Waals surface area contributed by atoms with Crippen LogP contribution < -0.4 is 5.32 Å². The molecule has 2 heterocycles. The van der Waals surface area contributed by atoms with E-state index in [0.29, 0.717) is 23.8 Å². The van der Waals surface area contributed by atoms with Gasteiger partial charge in [0.2, 0.25) is 10.0 Å². The summed E-state index contributed by atoms with van der Waals surface area (Å²) in [7, 11) is -1.92. The van der Waals surface area contributed by atoms with Crippen LogP contribution in [-0.2, 0) is 17.1 Å². The Labute approximate surface area is 165 Å². The summed E-state index contributed by atoms with van der Waals surface area (Å²) in [5.41, 5.74) is 1.77. The molecule has 0 aliphatic carbocycles. The quantitative estimate of drug-likeness (QED) is 0.834. The lowest BCUT2D eigenvalue weighted by atomic mass is 10.2. The number of anilines is 1. The zero-order chi connectivity index (χ0) is 19.6. The number of carbonyl (C=O) groups excluding carboxylic acids is 1. The van der Waals surface area contributed by atoms with Crippen molar-refractivity contribution < 1.29 is 13.2 Å². The van der Waals surface area contributed by atoms with Crippen LogP contribution in [0.3, 0.4) is 0 Å². The molecule has 146 valence electrons. The van der Waals surface area contributed by atoms with Crippen molar-refractivity contribution in [3.05, 3.63) is 46.7 Å². The molecule has 3 rings (SSSR count). The summed E-state index contributed by atoms with van der Waals surface area (Å²) >= 11 is 5.95. The number of carbonyl (C=O) groups is 1. The number of sulfonamides is 1. The number of hydrogen-bond acceptors (Lipinski definition) is 3. The van der Waals surface area contributed by atoms with Gasteiger partial charge in [0.15, 0.2) is 0 Å². The molecular weight excluding hydrogens is 386 g/mol. The van der Waals surface area contributed by atoms with E-state index in [1.165, 1.54) is 16.6 Å². The molecule has 27 heavy (non-hydrogen) atoms. The highest BCUT2D eigenvalue weighted by molar-refractivity contribution is 7.89. The molecule has 2 aromatic rings. The van der Waals surface area contributed by atoms with E-state index in [2.05, 4.69) is 5.32 Å². The Balaban J connectivity index is 1.84. The predicted molar refractivity (Wildman–Crippen MR) is 107 cm³/mol. The van der Waals surface area contributed by atoms with E-state index in [9.17, 15) is 13.2 Å². The van der Waals surface area contributed by atoms with Crippen molar-refractivity contribution in [3.8, 4) is 0 Å². The van der Waals surface area contributed by atoms with Crippen molar-refractivity contribution in [2.24, 2.45) is 7.05 Å². The van der Waals surface area contributed by atoms with Gasteiger partial charge < -0.3 is 9.88 Å². The highest BCUT2D eigenvalue weighted by Gasteiger charge is 2.28. The average Bonchev–Trinajstić information content (AvgIpc) is 2.82. The van der Waals surface area contributed by atoms with E-state index in [1.54, 1.807) is 29.8 Å². The molecule has 1 aromatic carbocycles. The SMILES string of the molecule is Cc1cc(Cl)ccc1NC(=O)c1cc(S(=O)(=O)N2CCCCCC2)cn1C. The first-order valence-electron chi connectivity index (χ1n) is 9.03. The fourth-order valence-electron chi connectivity index (χ4n) is 3.29. The minimum absolute atomic E-state index is 0.157. The van der Waals surface area contributed by atoms with Crippen molar-refractivity contribution in [1.29, 1.82) is 0 Å². The second-order valence-electron chi connectivity index (χ2n) is 6.90. The van der Waals surface area contributed by atoms with Crippen LogP contribution >= 0.6 is 11.6 Å². The number of aryl methyl sites for hydroxylation is 2. The van der Waals surface area contributed by atoms with E-state index in [0.717, 1.165) is 31.2 Å². The molecule has 0 bridgehead atoms. The molecule has 0 spiro atoms. The Kier molecular flexibility index (Phi) is 5.93. The van der Waals surface area contributed by atoms with Gasteiger partial charge in [-0.3, -0.25) is 4.79 Å². The van der Waals surface area contributed by atoms with Crippen LogP contribution in [-0.4, -0.2) is 36.3 Å². The first kappa shape index (κ1) is 19.9. The van der Waals surface area contributed by atoms with Crippen LogP contribution in [0.2, 0.25) is 5.02 Å². The van der Waals surface area contributed by atoms with Crippen LogP contribution in [0.5, 0.6) is 0 Å². The number of nitrogens with zero attached hydrogens (tertiary/aromatic N) is 2. The number of rotatable bonds is 4. The summed E-state index contributed by atoms with van der Waals surface area (Å²) in [6.45, 7) is 2.91. The molecule has 1 amide bonds. The number of amides is 1. The van der Waals surface area contributed by atoms with Crippen LogP contribution in [0.4, 0.5) is 5.69 Å². The van der Waals surface area contributed by atoms with Gasteiger partial charge in [0.1, 0.15) is 10.6 Å². The lowest BCUT2D eigenvalue weighted by Crippen LogP contribution is -2.31. The van der Waals surface area contributed by atoms with Gasteiger partial charge in [-0.1, -0.05) is 24.4 Å². The number of nitrogens with one attached hydrogen (secondary N) is 1. The van der Waals surface area contributed by atoms with Crippen LogP contribution in [0, 0.1) is 6.92 Å². The van der Waals surface area contributed by atoms with Crippen molar-refractivity contribution >= 4 is 33.2 Å². The summed E-state index contributed by atoms with van der Waals surface area (Å²) in [5, 5.41) is 3.41. The van der Waals surface area contributed by atoms with Gasteiger partial charge in [-0.05, 0) is 49.6 Å². The van der Waals surface area contributed by atoms with Gasteiger partial charge in [0.25, 0.3) is 5.91 Å². The molecule has 1 aliphatic heterocycles. The van der Waals surface area contributed by atoms with Crippen LogP contribution in [0.15, 0.2) is 35.4 Å². The molecule has 1 aliphatic rings. The van der Waals surface area contributed by atoms with Crippen molar-refractivity contribution in [1.82, 2.24) is 8.87 Å². The Morgan fingerprint density at radius 1 is 1.11 bits per heavy atom. The maximum absolute atomic E-state index is 12.9. The second kappa shape index (κ2) is 8.04. The average molecular weight is 410 g/mol. The lowest BCUT2D eigenvalue weighted by Gasteiger charge is -2.18. The summed E-state index contributed by atoms with van der Waals surface area (Å²) in [6, 6.07) is 6.63. The minimum atomic E-state index is -3.59. The molecule has 8 heteroatoms. The summed E-state index contributed by atoms with van der Waals surface area (Å²) in [6.07, 6.45) is 5.35. The summed E-state index contributed by atoms with van der Waals surface area (Å²) < 4.78 is 29.0. The maximum atomic E-state index is 12.9. The first-order valence-corrected chi connectivity index (χ1v) is 10.8. The van der Waals surface area contributed by atoms with Gasteiger partial charge in [-0.15, -0.1) is 0 Å². The van der Waals surface area contributed by atoms with Crippen LogP contribution in [0.25, 0.3) is 0 Å². The third kappa shape index (κ3) is 4.36. The summed E-state index contributed by atoms with van der Waals surface area (Å²) in [5.74, 6) is -0.361. The van der Waals surface area contributed by atoms with E-state index in [4.69, 9.17) is 11.6 Å².